The van der Waals surface area contributed by atoms with Crippen LogP contribution in [0, 0.1) is 11.6 Å². The van der Waals surface area contributed by atoms with Gasteiger partial charge in [-0.2, -0.15) is 0 Å². The van der Waals surface area contributed by atoms with Gasteiger partial charge < -0.3 is 10.2 Å². The molecule has 1 aromatic rings. The van der Waals surface area contributed by atoms with Crippen LogP contribution < -0.4 is 5.32 Å². The van der Waals surface area contributed by atoms with Gasteiger partial charge in [-0.25, -0.2) is 8.78 Å². The molecule has 0 saturated carbocycles. The van der Waals surface area contributed by atoms with Gasteiger partial charge in [-0.05, 0) is 31.9 Å². The van der Waals surface area contributed by atoms with Gasteiger partial charge in [0.25, 0.3) is 5.91 Å². The van der Waals surface area contributed by atoms with Crippen molar-refractivity contribution in [2.45, 2.75) is 40.0 Å². The normalized spacial score (nSPS) is 10.5. The van der Waals surface area contributed by atoms with Crippen LogP contribution >= 0.6 is 0 Å². The average molecular weight is 298 g/mol. The lowest BCUT2D eigenvalue weighted by Gasteiger charge is -2.21. The Bertz CT molecular complexity index is 454. The van der Waals surface area contributed by atoms with Gasteiger partial charge >= 0.3 is 0 Å². The van der Waals surface area contributed by atoms with Crippen LogP contribution in [0.3, 0.4) is 0 Å². The average Bonchev–Trinajstić information content (AvgIpc) is 2.46. The van der Waals surface area contributed by atoms with E-state index in [9.17, 15) is 13.6 Å². The first-order chi connectivity index (χ1) is 10.0. The number of halogens is 2. The minimum atomic E-state index is -0.724. The van der Waals surface area contributed by atoms with E-state index in [-0.39, 0.29) is 17.2 Å². The van der Waals surface area contributed by atoms with Crippen molar-refractivity contribution >= 4 is 11.6 Å². The van der Waals surface area contributed by atoms with E-state index < -0.39 is 11.6 Å². The van der Waals surface area contributed by atoms with Gasteiger partial charge in [-0.1, -0.05) is 20.3 Å². The highest BCUT2D eigenvalue weighted by molar-refractivity contribution is 5.94. The molecule has 0 aliphatic heterocycles. The number of hydrogen-bond acceptors (Lipinski definition) is 2. The molecule has 0 bridgehead atoms. The third kappa shape index (κ3) is 4.69. The highest BCUT2D eigenvalue weighted by Crippen LogP contribution is 2.22. The zero-order valence-electron chi connectivity index (χ0n) is 13.0. The summed E-state index contributed by atoms with van der Waals surface area (Å²) in [5.41, 5.74) is -0.102. The van der Waals surface area contributed by atoms with Gasteiger partial charge in [0, 0.05) is 25.2 Å². The first-order valence-electron chi connectivity index (χ1n) is 7.57. The van der Waals surface area contributed by atoms with Gasteiger partial charge in [-0.15, -0.1) is 0 Å². The lowest BCUT2D eigenvalue weighted by molar-refractivity contribution is 0.0761. The number of amides is 1. The van der Waals surface area contributed by atoms with Crippen LogP contribution in [-0.4, -0.2) is 30.4 Å². The summed E-state index contributed by atoms with van der Waals surface area (Å²) in [5.74, 6) is -1.78. The number of carbonyl (C=O) groups excluding carboxylic acids is 1. The SMILES string of the molecule is CCCCN(CC)C(=O)c1cc(F)c(NCCC)c(F)c1. The summed E-state index contributed by atoms with van der Waals surface area (Å²) in [7, 11) is 0. The van der Waals surface area contributed by atoms with E-state index in [0.717, 1.165) is 31.4 Å². The van der Waals surface area contributed by atoms with E-state index in [4.69, 9.17) is 0 Å². The molecule has 0 saturated heterocycles. The molecule has 21 heavy (non-hydrogen) atoms. The standard InChI is InChI=1S/C16H24F2N2O/c1-4-7-9-20(6-3)16(21)12-10-13(17)15(14(18)11-12)19-8-5-2/h10-11,19H,4-9H2,1-3H3. The maximum atomic E-state index is 13.9. The highest BCUT2D eigenvalue weighted by atomic mass is 19.1. The topological polar surface area (TPSA) is 32.3 Å². The Morgan fingerprint density at radius 2 is 1.76 bits per heavy atom. The minimum Gasteiger partial charge on any atom is -0.380 e. The van der Waals surface area contributed by atoms with Crippen molar-refractivity contribution in [3.8, 4) is 0 Å². The lowest BCUT2D eigenvalue weighted by atomic mass is 10.1. The quantitative estimate of drug-likeness (QED) is 0.785. The lowest BCUT2D eigenvalue weighted by Crippen LogP contribution is -2.32. The Morgan fingerprint density at radius 1 is 1.14 bits per heavy atom. The number of rotatable bonds is 8. The predicted octanol–water partition coefficient (Wildman–Crippen LogP) is 4.05. The Morgan fingerprint density at radius 3 is 2.24 bits per heavy atom. The van der Waals surface area contributed by atoms with Gasteiger partial charge in [-0.3, -0.25) is 4.79 Å². The van der Waals surface area contributed by atoms with Crippen LogP contribution in [0.1, 0.15) is 50.4 Å². The number of nitrogens with zero attached hydrogens (tertiary/aromatic N) is 1. The summed E-state index contributed by atoms with van der Waals surface area (Å²) in [6, 6.07) is 2.22. The van der Waals surface area contributed by atoms with Crippen molar-refractivity contribution in [3.05, 3.63) is 29.3 Å². The van der Waals surface area contributed by atoms with Crippen LogP contribution in [0.4, 0.5) is 14.5 Å². The molecule has 0 aromatic heterocycles. The molecule has 0 heterocycles. The fourth-order valence-electron chi connectivity index (χ4n) is 2.05. The van der Waals surface area contributed by atoms with E-state index in [2.05, 4.69) is 5.32 Å². The van der Waals surface area contributed by atoms with Crippen molar-refractivity contribution in [1.29, 1.82) is 0 Å². The first kappa shape index (κ1) is 17.4. The second kappa shape index (κ2) is 8.60. The summed E-state index contributed by atoms with van der Waals surface area (Å²) in [6.45, 7) is 7.42. The summed E-state index contributed by atoms with van der Waals surface area (Å²) in [5, 5.41) is 2.70. The molecule has 5 heteroatoms. The molecule has 1 rings (SSSR count). The molecule has 0 aliphatic rings. The smallest absolute Gasteiger partial charge is 0.254 e. The molecule has 118 valence electrons. The fourth-order valence-corrected chi connectivity index (χ4v) is 2.05. The van der Waals surface area contributed by atoms with E-state index >= 15 is 0 Å². The van der Waals surface area contributed by atoms with Crippen LogP contribution in [0.5, 0.6) is 0 Å². The molecule has 1 aromatic carbocycles. The van der Waals surface area contributed by atoms with Crippen LogP contribution in [0.15, 0.2) is 12.1 Å². The van der Waals surface area contributed by atoms with E-state index in [1.807, 2.05) is 20.8 Å². The third-order valence-electron chi connectivity index (χ3n) is 3.29. The molecular weight excluding hydrogens is 274 g/mol. The second-order valence-electron chi connectivity index (χ2n) is 4.98. The second-order valence-corrected chi connectivity index (χ2v) is 4.98. The van der Waals surface area contributed by atoms with Gasteiger partial charge in [0.15, 0.2) is 0 Å². The third-order valence-corrected chi connectivity index (χ3v) is 3.29. The highest BCUT2D eigenvalue weighted by Gasteiger charge is 2.18. The van der Waals surface area contributed by atoms with Gasteiger partial charge in [0.1, 0.15) is 17.3 Å². The van der Waals surface area contributed by atoms with E-state index in [1.54, 1.807) is 4.90 Å². The monoisotopic (exact) mass is 298 g/mol. The number of anilines is 1. The number of carbonyl (C=O) groups is 1. The van der Waals surface area contributed by atoms with Crippen molar-refractivity contribution in [2.24, 2.45) is 0 Å². The van der Waals surface area contributed by atoms with Crippen LogP contribution in [0.2, 0.25) is 0 Å². The van der Waals surface area contributed by atoms with Crippen molar-refractivity contribution in [3.63, 3.8) is 0 Å². The number of unbranched alkanes of at least 4 members (excludes halogenated alkanes) is 1. The van der Waals surface area contributed by atoms with Gasteiger partial charge in [0.05, 0.1) is 0 Å². The maximum absolute atomic E-state index is 13.9. The van der Waals surface area contributed by atoms with Gasteiger partial charge in [0.2, 0.25) is 0 Å². The molecule has 3 nitrogen and oxygen atoms in total. The van der Waals surface area contributed by atoms with Crippen LogP contribution in [0.25, 0.3) is 0 Å². The van der Waals surface area contributed by atoms with E-state index in [0.29, 0.717) is 19.6 Å². The molecule has 0 spiro atoms. The molecule has 0 fully saturated rings. The summed E-state index contributed by atoms with van der Waals surface area (Å²) >= 11 is 0. The van der Waals surface area contributed by atoms with Crippen molar-refractivity contribution in [1.82, 2.24) is 4.90 Å². The van der Waals surface area contributed by atoms with Crippen molar-refractivity contribution < 1.29 is 13.6 Å². The molecule has 1 amide bonds. The van der Waals surface area contributed by atoms with Crippen LogP contribution in [-0.2, 0) is 0 Å². The number of nitrogens with one attached hydrogen (secondary N) is 1. The van der Waals surface area contributed by atoms with E-state index in [1.165, 1.54) is 0 Å². The largest absolute Gasteiger partial charge is 0.380 e. The van der Waals surface area contributed by atoms with Crippen molar-refractivity contribution in [2.75, 3.05) is 25.0 Å². The Hall–Kier alpha value is -1.65. The number of hydrogen-bond donors (Lipinski definition) is 1. The Kier molecular flexibility index (Phi) is 7.12. The number of benzene rings is 1. The fraction of sp³-hybridized carbons (Fsp3) is 0.562. The molecule has 0 aliphatic carbocycles. The zero-order chi connectivity index (χ0) is 15.8. The predicted molar refractivity (Wildman–Crippen MR) is 81.6 cm³/mol. The summed E-state index contributed by atoms with van der Waals surface area (Å²) in [6.07, 6.45) is 2.60. The molecular formula is C16H24F2N2O. The minimum absolute atomic E-state index is 0.0602. The molecule has 0 unspecified atom stereocenters. The zero-order valence-corrected chi connectivity index (χ0v) is 13.0. The Labute approximate surface area is 125 Å². The Balaban J connectivity index is 2.95. The first-order valence-corrected chi connectivity index (χ1v) is 7.57. The molecule has 0 radical (unpaired) electrons. The maximum Gasteiger partial charge on any atom is 0.254 e. The molecule has 0 atom stereocenters. The molecule has 1 N–H and O–H groups in total. The summed E-state index contributed by atoms with van der Waals surface area (Å²) < 4.78 is 27.9. The summed E-state index contributed by atoms with van der Waals surface area (Å²) in [4.78, 5) is 13.9.